The molecule has 0 saturated carbocycles. The molecule has 1 aliphatic heterocycles. The smallest absolute Gasteiger partial charge is 0.174 e. The van der Waals surface area contributed by atoms with Crippen molar-refractivity contribution in [3.63, 3.8) is 0 Å². The number of Topliss-reactive ketones (excluding diaryl/α,β-unsaturated/α-hetero) is 2. The number of methoxy groups -OCH3 is 1. The average Bonchev–Trinajstić information content (AvgIpc) is 3.05. The predicted molar refractivity (Wildman–Crippen MR) is 180 cm³/mol. The van der Waals surface area contributed by atoms with Gasteiger partial charge < -0.3 is 14.4 Å². The summed E-state index contributed by atoms with van der Waals surface area (Å²) in [5.74, 6) is 1.16. The molecule has 2 aliphatic carbocycles. The normalized spacial score (nSPS) is 17.2. The van der Waals surface area contributed by atoms with Crippen molar-refractivity contribution in [1.82, 2.24) is 4.90 Å². The van der Waals surface area contributed by atoms with Gasteiger partial charge in [0.2, 0.25) is 0 Å². The summed E-state index contributed by atoms with van der Waals surface area (Å²) >= 11 is 2.30. The Hall–Kier alpha value is -3.91. The maximum absolute atomic E-state index is 13.8. The quantitative estimate of drug-likeness (QED) is 0.181. The first-order chi connectivity index (χ1) is 21.5. The van der Waals surface area contributed by atoms with Gasteiger partial charge in [0.15, 0.2) is 23.1 Å². The molecule has 6 heteroatoms. The number of hydrogen-bond donors (Lipinski definition) is 0. The van der Waals surface area contributed by atoms with E-state index in [0.29, 0.717) is 37.5 Å². The molecule has 0 N–H and O–H groups in total. The predicted octanol–water partition coefficient (Wildman–Crippen LogP) is 8.65. The van der Waals surface area contributed by atoms with Crippen molar-refractivity contribution in [3.05, 3.63) is 128 Å². The molecule has 0 amide bonds. The van der Waals surface area contributed by atoms with Gasteiger partial charge in [-0.15, -0.1) is 0 Å². The fraction of sp³-hybridized carbons (Fsp3) is 0.263. The minimum atomic E-state index is -0.401. The van der Waals surface area contributed by atoms with Gasteiger partial charge in [0.1, 0.15) is 6.61 Å². The molecule has 4 aromatic rings. The Morgan fingerprint density at radius 2 is 1.45 bits per heavy atom. The zero-order valence-electron chi connectivity index (χ0n) is 24.8. The van der Waals surface area contributed by atoms with Crippen LogP contribution in [0.1, 0.15) is 61.1 Å². The molecule has 0 aromatic heterocycles. The third-order valence-corrected chi connectivity index (χ3v) is 9.91. The Morgan fingerprint density at radius 3 is 2.16 bits per heavy atom. The number of carbonyl (C=O) groups is 2. The van der Waals surface area contributed by atoms with Crippen molar-refractivity contribution >= 4 is 44.9 Å². The maximum atomic E-state index is 13.8. The number of nitrogens with zero attached hydrogens (tertiary/aromatic N) is 1. The first-order valence-electron chi connectivity index (χ1n) is 15.3. The molecular formula is C38H34INO4. The van der Waals surface area contributed by atoms with E-state index in [1.165, 1.54) is 10.9 Å². The van der Waals surface area contributed by atoms with E-state index in [1.54, 1.807) is 7.11 Å². The standard InChI is InChI=1S/C38H34INO4/c1-43-34-21-27(20-29(39)38(34)44-23-26-14-7-13-25-12-5-6-15-28(25)26)35-36-30(16-8-18-32(36)41)40(22-24-10-3-2-4-11-24)31-17-9-19-33(42)37(31)35/h2-7,10-15,20-21,35H,8-9,16-19,22-23H2,1H3. The van der Waals surface area contributed by atoms with Gasteiger partial charge in [-0.2, -0.15) is 0 Å². The summed E-state index contributed by atoms with van der Waals surface area (Å²) in [6, 6.07) is 29.0. The lowest BCUT2D eigenvalue weighted by Crippen LogP contribution is -2.38. The Balaban J connectivity index is 1.30. The van der Waals surface area contributed by atoms with E-state index in [-0.39, 0.29) is 11.6 Å². The van der Waals surface area contributed by atoms with E-state index in [0.717, 1.165) is 68.3 Å². The number of allylic oxidation sites excluding steroid dienone is 4. The molecule has 222 valence electrons. The van der Waals surface area contributed by atoms with Crippen molar-refractivity contribution in [2.45, 2.75) is 57.6 Å². The van der Waals surface area contributed by atoms with Crippen LogP contribution in [0, 0.1) is 3.57 Å². The second-order valence-electron chi connectivity index (χ2n) is 11.7. The lowest BCUT2D eigenvalue weighted by atomic mass is 9.71. The third-order valence-electron chi connectivity index (χ3n) is 9.11. The van der Waals surface area contributed by atoms with Gasteiger partial charge in [-0.3, -0.25) is 9.59 Å². The number of rotatable bonds is 7. The van der Waals surface area contributed by atoms with E-state index in [2.05, 4.69) is 76.0 Å². The van der Waals surface area contributed by atoms with Crippen LogP contribution in [0.3, 0.4) is 0 Å². The zero-order valence-corrected chi connectivity index (χ0v) is 26.9. The summed E-state index contributed by atoms with van der Waals surface area (Å²) in [5.41, 5.74) is 6.90. The number of carbonyl (C=O) groups excluding carboxylic acids is 2. The van der Waals surface area contributed by atoms with Crippen molar-refractivity contribution in [2.75, 3.05) is 7.11 Å². The minimum absolute atomic E-state index is 0.143. The monoisotopic (exact) mass is 695 g/mol. The van der Waals surface area contributed by atoms with Gasteiger partial charge in [0, 0.05) is 47.8 Å². The molecule has 44 heavy (non-hydrogen) atoms. The summed E-state index contributed by atoms with van der Waals surface area (Å²) in [6.45, 7) is 1.06. The average molecular weight is 696 g/mol. The van der Waals surface area contributed by atoms with Crippen molar-refractivity contribution in [1.29, 1.82) is 0 Å². The number of benzene rings is 4. The molecule has 4 aromatic carbocycles. The van der Waals surface area contributed by atoms with Crippen LogP contribution in [0.25, 0.3) is 10.8 Å². The van der Waals surface area contributed by atoms with Crippen LogP contribution in [0.2, 0.25) is 0 Å². The summed E-state index contributed by atoms with van der Waals surface area (Å²) in [4.78, 5) is 29.9. The summed E-state index contributed by atoms with van der Waals surface area (Å²) < 4.78 is 13.2. The van der Waals surface area contributed by atoms with E-state index in [4.69, 9.17) is 9.47 Å². The zero-order chi connectivity index (χ0) is 30.2. The highest BCUT2D eigenvalue weighted by Crippen LogP contribution is 2.51. The van der Waals surface area contributed by atoms with Crippen LogP contribution in [-0.4, -0.2) is 23.6 Å². The summed E-state index contributed by atoms with van der Waals surface area (Å²) in [7, 11) is 1.65. The van der Waals surface area contributed by atoms with Crippen molar-refractivity contribution < 1.29 is 19.1 Å². The molecule has 0 atom stereocenters. The van der Waals surface area contributed by atoms with Crippen molar-refractivity contribution in [3.8, 4) is 11.5 Å². The largest absolute Gasteiger partial charge is 0.493 e. The van der Waals surface area contributed by atoms with E-state index in [1.807, 2.05) is 36.4 Å². The lowest BCUT2D eigenvalue weighted by molar-refractivity contribution is -0.117. The molecule has 5 nitrogen and oxygen atoms in total. The summed E-state index contributed by atoms with van der Waals surface area (Å²) in [5, 5.41) is 2.33. The molecule has 0 spiro atoms. The first-order valence-corrected chi connectivity index (χ1v) is 16.4. The molecule has 0 fully saturated rings. The molecule has 0 saturated heterocycles. The number of ketones is 2. The van der Waals surface area contributed by atoms with Gasteiger partial charge in [-0.05, 0) is 87.9 Å². The minimum Gasteiger partial charge on any atom is -0.493 e. The van der Waals surface area contributed by atoms with Crippen molar-refractivity contribution in [2.24, 2.45) is 0 Å². The molecule has 0 radical (unpaired) electrons. The number of ether oxygens (including phenoxy) is 2. The SMILES string of the molecule is COc1cc(C2C3=C(CCCC3=O)N(Cc3ccccc3)C3=C2C(=O)CCC3)cc(I)c1OCc1cccc2ccccc12. The molecular weight excluding hydrogens is 661 g/mol. The lowest BCUT2D eigenvalue weighted by Gasteiger charge is -2.44. The van der Waals surface area contributed by atoms with Gasteiger partial charge in [-0.25, -0.2) is 0 Å². The number of halogens is 1. The molecule has 1 heterocycles. The third kappa shape index (κ3) is 5.23. The van der Waals surface area contributed by atoms with Crippen LogP contribution >= 0.6 is 22.6 Å². The van der Waals surface area contributed by atoms with Gasteiger partial charge in [-0.1, -0.05) is 72.8 Å². The maximum Gasteiger partial charge on any atom is 0.174 e. The molecule has 0 unspecified atom stereocenters. The molecule has 7 rings (SSSR count). The fourth-order valence-electron chi connectivity index (χ4n) is 7.12. The summed E-state index contributed by atoms with van der Waals surface area (Å²) in [6.07, 6.45) is 4.32. The van der Waals surface area contributed by atoms with Gasteiger partial charge >= 0.3 is 0 Å². The topological polar surface area (TPSA) is 55.8 Å². The highest BCUT2D eigenvalue weighted by atomic mass is 127. The Kier molecular flexibility index (Phi) is 8.02. The molecule has 0 bridgehead atoms. The number of hydrogen-bond acceptors (Lipinski definition) is 5. The van der Waals surface area contributed by atoms with E-state index < -0.39 is 5.92 Å². The van der Waals surface area contributed by atoms with Gasteiger partial charge in [0.25, 0.3) is 0 Å². The van der Waals surface area contributed by atoms with E-state index >= 15 is 0 Å². The Morgan fingerprint density at radius 1 is 0.795 bits per heavy atom. The van der Waals surface area contributed by atoms with Gasteiger partial charge in [0.05, 0.1) is 10.7 Å². The first kappa shape index (κ1) is 28.8. The van der Waals surface area contributed by atoms with Crippen LogP contribution in [-0.2, 0) is 22.7 Å². The Labute approximate surface area is 271 Å². The molecule has 3 aliphatic rings. The highest BCUT2D eigenvalue weighted by molar-refractivity contribution is 14.1. The van der Waals surface area contributed by atoms with E-state index in [9.17, 15) is 9.59 Å². The van der Waals surface area contributed by atoms with Crippen LogP contribution in [0.5, 0.6) is 11.5 Å². The second kappa shape index (κ2) is 12.2. The van der Waals surface area contributed by atoms with Crippen LogP contribution in [0.4, 0.5) is 0 Å². The van der Waals surface area contributed by atoms with Crippen LogP contribution in [0.15, 0.2) is 107 Å². The second-order valence-corrected chi connectivity index (χ2v) is 12.9. The van der Waals surface area contributed by atoms with Crippen LogP contribution < -0.4 is 9.47 Å². The highest BCUT2D eigenvalue weighted by Gasteiger charge is 2.43. The number of fused-ring (bicyclic) bond motifs is 1. The Bertz CT molecular complexity index is 1790. The fourth-order valence-corrected chi connectivity index (χ4v) is 7.90.